The minimum atomic E-state index is -3.88. The predicted molar refractivity (Wildman–Crippen MR) is 108 cm³/mol. The van der Waals surface area contributed by atoms with Crippen molar-refractivity contribution in [2.75, 3.05) is 5.32 Å². The number of rotatable bonds is 12. The van der Waals surface area contributed by atoms with Crippen molar-refractivity contribution < 1.29 is 13.2 Å². The summed E-state index contributed by atoms with van der Waals surface area (Å²) < 4.78 is 22.9. The molecule has 5 nitrogen and oxygen atoms in total. The molecule has 0 aliphatic carbocycles. The molecule has 0 saturated carbocycles. The molecule has 148 valence electrons. The van der Waals surface area contributed by atoms with E-state index in [0.29, 0.717) is 17.7 Å². The van der Waals surface area contributed by atoms with Gasteiger partial charge in [0.15, 0.2) is 0 Å². The number of carbonyl (C=O) groups excluding carboxylic acids is 1. The Kier molecular flexibility index (Phi) is 10.2. The summed E-state index contributed by atoms with van der Waals surface area (Å²) in [5.74, 6) is -0.0875. The highest BCUT2D eigenvalue weighted by Crippen LogP contribution is 2.27. The molecule has 0 atom stereocenters. The Balaban J connectivity index is 2.34. The first-order valence-electron chi connectivity index (χ1n) is 9.38. The van der Waals surface area contributed by atoms with Gasteiger partial charge in [0.25, 0.3) is 0 Å². The topological polar surface area (TPSA) is 89.3 Å². The molecule has 7 heteroatoms. The van der Waals surface area contributed by atoms with Gasteiger partial charge in [-0.3, -0.25) is 4.79 Å². The van der Waals surface area contributed by atoms with Crippen LogP contribution < -0.4 is 10.5 Å². The highest BCUT2D eigenvalue weighted by atomic mass is 35.5. The smallest absolute Gasteiger partial charge is 0.239 e. The molecule has 0 spiro atoms. The zero-order valence-corrected chi connectivity index (χ0v) is 17.4. The SMILES string of the molecule is CCCCCCCCCCCC(=O)Nc1cc(Cl)c(S(N)(=O)=O)cc1C. The number of nitrogens with two attached hydrogens (primary N) is 1. The van der Waals surface area contributed by atoms with Gasteiger partial charge in [-0.05, 0) is 31.0 Å². The van der Waals surface area contributed by atoms with Crippen LogP contribution in [-0.2, 0) is 14.8 Å². The monoisotopic (exact) mass is 402 g/mol. The van der Waals surface area contributed by atoms with Crippen molar-refractivity contribution in [2.45, 2.75) is 83.0 Å². The van der Waals surface area contributed by atoms with Crippen molar-refractivity contribution in [1.29, 1.82) is 0 Å². The number of nitrogens with one attached hydrogen (secondary N) is 1. The third kappa shape index (κ3) is 8.52. The molecule has 1 aromatic carbocycles. The van der Waals surface area contributed by atoms with Gasteiger partial charge >= 0.3 is 0 Å². The van der Waals surface area contributed by atoms with E-state index in [1.165, 1.54) is 50.7 Å². The van der Waals surface area contributed by atoms with Crippen molar-refractivity contribution in [3.63, 3.8) is 0 Å². The molecule has 0 radical (unpaired) electrons. The second-order valence-electron chi connectivity index (χ2n) is 6.77. The summed E-state index contributed by atoms with van der Waals surface area (Å²) in [6, 6.07) is 2.82. The van der Waals surface area contributed by atoms with Gasteiger partial charge in [0, 0.05) is 12.1 Å². The molecule has 1 rings (SSSR count). The molecule has 1 aromatic rings. The second-order valence-corrected chi connectivity index (χ2v) is 8.71. The molecule has 0 saturated heterocycles. The lowest BCUT2D eigenvalue weighted by atomic mass is 10.1. The first kappa shape index (κ1) is 22.9. The number of benzene rings is 1. The van der Waals surface area contributed by atoms with Crippen molar-refractivity contribution in [3.8, 4) is 0 Å². The normalized spacial score (nSPS) is 11.5. The first-order valence-corrected chi connectivity index (χ1v) is 11.3. The van der Waals surface area contributed by atoms with E-state index in [4.69, 9.17) is 16.7 Å². The lowest BCUT2D eigenvalue weighted by molar-refractivity contribution is -0.116. The summed E-state index contributed by atoms with van der Waals surface area (Å²) in [5.41, 5.74) is 1.13. The highest BCUT2D eigenvalue weighted by Gasteiger charge is 2.16. The molecule has 0 aliphatic rings. The number of amides is 1. The fourth-order valence-corrected chi connectivity index (χ4v) is 3.97. The summed E-state index contributed by atoms with van der Waals surface area (Å²) in [7, 11) is -3.88. The molecule has 26 heavy (non-hydrogen) atoms. The van der Waals surface area contributed by atoms with Crippen LogP contribution in [0.25, 0.3) is 0 Å². The van der Waals surface area contributed by atoms with E-state index in [9.17, 15) is 13.2 Å². The lowest BCUT2D eigenvalue weighted by Crippen LogP contribution is -2.15. The Morgan fingerprint density at radius 1 is 1.04 bits per heavy atom. The first-order chi connectivity index (χ1) is 12.3. The minimum absolute atomic E-state index is 0.0106. The van der Waals surface area contributed by atoms with Gasteiger partial charge in [0.2, 0.25) is 15.9 Å². The third-order valence-corrected chi connectivity index (χ3v) is 5.74. The molecule has 0 aromatic heterocycles. The van der Waals surface area contributed by atoms with E-state index < -0.39 is 10.0 Å². The van der Waals surface area contributed by atoms with Crippen molar-refractivity contribution >= 4 is 33.2 Å². The van der Waals surface area contributed by atoms with E-state index >= 15 is 0 Å². The number of primary sulfonamides is 1. The summed E-state index contributed by atoms with van der Waals surface area (Å²) in [4.78, 5) is 11.9. The van der Waals surface area contributed by atoms with Gasteiger partial charge in [0.05, 0.1) is 5.02 Å². The van der Waals surface area contributed by atoms with Crippen LogP contribution in [-0.4, -0.2) is 14.3 Å². The Morgan fingerprint density at radius 3 is 2.12 bits per heavy atom. The molecule has 0 fully saturated rings. The maximum atomic E-state index is 12.1. The molecule has 0 unspecified atom stereocenters. The number of hydrogen-bond donors (Lipinski definition) is 2. The second kappa shape index (κ2) is 11.6. The van der Waals surface area contributed by atoms with Gasteiger partial charge in [-0.1, -0.05) is 69.9 Å². The largest absolute Gasteiger partial charge is 0.326 e. The molecule has 1 amide bonds. The molecular weight excluding hydrogens is 372 g/mol. The van der Waals surface area contributed by atoms with Gasteiger partial charge in [0.1, 0.15) is 4.90 Å². The molecular formula is C19H31ClN2O3S. The van der Waals surface area contributed by atoms with Crippen LogP contribution in [0.2, 0.25) is 5.02 Å². The lowest BCUT2D eigenvalue weighted by Gasteiger charge is -2.11. The Hall–Kier alpha value is -1.11. The Bertz CT molecular complexity index is 690. The van der Waals surface area contributed by atoms with E-state index in [1.807, 2.05) is 0 Å². The number of unbranched alkanes of at least 4 members (excludes halogenated alkanes) is 8. The third-order valence-electron chi connectivity index (χ3n) is 4.37. The number of aryl methyl sites for hydroxylation is 1. The van der Waals surface area contributed by atoms with Crippen LogP contribution in [0.1, 0.15) is 76.7 Å². The molecule has 3 N–H and O–H groups in total. The number of hydrogen-bond acceptors (Lipinski definition) is 3. The van der Waals surface area contributed by atoms with Gasteiger partial charge in [-0.25, -0.2) is 13.6 Å². The molecule has 0 aliphatic heterocycles. The van der Waals surface area contributed by atoms with Crippen LogP contribution in [0.15, 0.2) is 17.0 Å². The highest BCUT2D eigenvalue weighted by molar-refractivity contribution is 7.89. The average Bonchev–Trinajstić information content (AvgIpc) is 2.55. The minimum Gasteiger partial charge on any atom is -0.326 e. The van der Waals surface area contributed by atoms with Crippen molar-refractivity contribution in [2.24, 2.45) is 5.14 Å². The Morgan fingerprint density at radius 2 is 1.58 bits per heavy atom. The van der Waals surface area contributed by atoms with Gasteiger partial charge < -0.3 is 5.32 Å². The maximum absolute atomic E-state index is 12.1. The number of anilines is 1. The average molecular weight is 403 g/mol. The summed E-state index contributed by atoms with van der Waals surface area (Å²) in [6.45, 7) is 3.92. The molecule has 0 heterocycles. The van der Waals surface area contributed by atoms with Crippen LogP contribution >= 0.6 is 11.6 Å². The van der Waals surface area contributed by atoms with Gasteiger partial charge in [-0.15, -0.1) is 0 Å². The number of carbonyl (C=O) groups is 1. The zero-order valence-electron chi connectivity index (χ0n) is 15.8. The fraction of sp³-hybridized carbons (Fsp3) is 0.632. The summed E-state index contributed by atoms with van der Waals surface area (Å²) >= 11 is 5.97. The van der Waals surface area contributed by atoms with Crippen LogP contribution in [0, 0.1) is 6.92 Å². The van der Waals surface area contributed by atoms with E-state index in [2.05, 4.69) is 12.2 Å². The standard InChI is InChI=1S/C19H31ClN2O3S/c1-3-4-5-6-7-8-9-10-11-12-19(23)22-17-14-16(20)18(13-15(17)2)26(21,24)25/h13-14H,3-12H2,1-2H3,(H,22,23)(H2,21,24,25). The van der Waals surface area contributed by atoms with Crippen LogP contribution in [0.5, 0.6) is 0 Å². The van der Waals surface area contributed by atoms with E-state index in [1.54, 1.807) is 6.92 Å². The van der Waals surface area contributed by atoms with Crippen molar-refractivity contribution in [1.82, 2.24) is 0 Å². The summed E-state index contributed by atoms with van der Waals surface area (Å²) in [6.07, 6.45) is 11.2. The van der Waals surface area contributed by atoms with E-state index in [0.717, 1.165) is 19.3 Å². The summed E-state index contributed by atoms with van der Waals surface area (Å²) in [5, 5.41) is 7.92. The maximum Gasteiger partial charge on any atom is 0.239 e. The predicted octanol–water partition coefficient (Wildman–Crippen LogP) is 5.16. The Labute approximate surface area is 162 Å². The number of halogens is 1. The van der Waals surface area contributed by atoms with E-state index in [-0.39, 0.29) is 15.8 Å². The van der Waals surface area contributed by atoms with Crippen LogP contribution in [0.4, 0.5) is 5.69 Å². The van der Waals surface area contributed by atoms with Gasteiger partial charge in [-0.2, -0.15) is 0 Å². The fourth-order valence-electron chi connectivity index (χ4n) is 2.82. The number of sulfonamides is 1. The quantitative estimate of drug-likeness (QED) is 0.473. The molecule has 0 bridgehead atoms. The van der Waals surface area contributed by atoms with Crippen molar-refractivity contribution in [3.05, 3.63) is 22.7 Å². The zero-order chi connectivity index (χ0) is 19.6. The van der Waals surface area contributed by atoms with Crippen LogP contribution in [0.3, 0.4) is 0 Å².